The minimum atomic E-state index is -3.97. The second-order valence-corrected chi connectivity index (χ2v) is 6.03. The van der Waals surface area contributed by atoms with Gasteiger partial charge < -0.3 is 4.74 Å². The molecule has 1 aromatic rings. The maximum Gasteiger partial charge on any atom is 0.312 e. The summed E-state index contributed by atoms with van der Waals surface area (Å²) in [7, 11) is -2.70. The molecule has 112 valence electrons. The average molecular weight is 304 g/mol. The van der Waals surface area contributed by atoms with Gasteiger partial charge in [0.2, 0.25) is 0 Å². The van der Waals surface area contributed by atoms with Gasteiger partial charge in [-0.25, -0.2) is 8.42 Å². The number of nitro benzene ring substituents is 1. The van der Waals surface area contributed by atoms with E-state index in [1.807, 2.05) is 18.7 Å². The van der Waals surface area contributed by atoms with Crippen LogP contribution in [-0.4, -0.2) is 27.1 Å². The van der Waals surface area contributed by atoms with Gasteiger partial charge in [-0.05, 0) is 18.1 Å². The van der Waals surface area contributed by atoms with Crippen molar-refractivity contribution in [1.82, 2.24) is 4.89 Å². The first-order valence-electron chi connectivity index (χ1n) is 5.74. The normalized spacial score (nSPS) is 11.6. The van der Waals surface area contributed by atoms with Crippen LogP contribution in [0, 0.1) is 16.0 Å². The van der Waals surface area contributed by atoms with Gasteiger partial charge in [0.1, 0.15) is 0 Å². The van der Waals surface area contributed by atoms with Gasteiger partial charge in [-0.3, -0.25) is 15.0 Å². The standard InChI is InChI=1S/C11H16N2O6S/c1-8(2)7-19-12-20(16,17)9-4-5-11(18-3)10(6-9)13(14)15/h4-6,8,12H,7H2,1-3H3. The summed E-state index contributed by atoms with van der Waals surface area (Å²) < 4.78 is 28.6. The number of benzene rings is 1. The molecule has 0 spiro atoms. The quantitative estimate of drug-likeness (QED) is 0.603. The lowest BCUT2D eigenvalue weighted by Crippen LogP contribution is -2.26. The Morgan fingerprint density at radius 3 is 2.55 bits per heavy atom. The van der Waals surface area contributed by atoms with Gasteiger partial charge in [0, 0.05) is 6.07 Å². The molecule has 0 aromatic heterocycles. The number of sulfonamides is 1. The Kier molecular flexibility index (Phi) is 5.43. The van der Waals surface area contributed by atoms with Crippen LogP contribution in [0.4, 0.5) is 5.69 Å². The summed E-state index contributed by atoms with van der Waals surface area (Å²) in [5.74, 6) is 0.125. The number of nitro groups is 1. The molecule has 0 aliphatic heterocycles. The molecule has 9 heteroatoms. The third-order valence-corrected chi connectivity index (χ3v) is 3.45. The molecule has 0 saturated carbocycles. The average Bonchev–Trinajstić information content (AvgIpc) is 2.37. The van der Waals surface area contributed by atoms with Crippen LogP contribution in [-0.2, 0) is 14.9 Å². The molecule has 0 saturated heterocycles. The fraction of sp³-hybridized carbons (Fsp3) is 0.455. The summed E-state index contributed by atoms with van der Waals surface area (Å²) in [5.41, 5.74) is -0.431. The maximum atomic E-state index is 11.9. The highest BCUT2D eigenvalue weighted by atomic mass is 32.2. The highest BCUT2D eigenvalue weighted by molar-refractivity contribution is 7.89. The lowest BCUT2D eigenvalue weighted by molar-refractivity contribution is -0.386. The van der Waals surface area contributed by atoms with E-state index in [4.69, 9.17) is 9.57 Å². The van der Waals surface area contributed by atoms with E-state index in [1.165, 1.54) is 19.2 Å². The van der Waals surface area contributed by atoms with E-state index >= 15 is 0 Å². The smallest absolute Gasteiger partial charge is 0.312 e. The summed E-state index contributed by atoms with van der Waals surface area (Å²) in [4.78, 5) is 16.6. The highest BCUT2D eigenvalue weighted by Crippen LogP contribution is 2.29. The van der Waals surface area contributed by atoms with Crippen LogP contribution in [0.3, 0.4) is 0 Å². The van der Waals surface area contributed by atoms with Crippen LogP contribution in [0.2, 0.25) is 0 Å². The fourth-order valence-corrected chi connectivity index (χ4v) is 2.14. The van der Waals surface area contributed by atoms with Gasteiger partial charge in [0.25, 0.3) is 10.0 Å². The Labute approximate surface area is 116 Å². The van der Waals surface area contributed by atoms with Crippen molar-refractivity contribution in [3.63, 3.8) is 0 Å². The van der Waals surface area contributed by atoms with Crippen LogP contribution in [0.5, 0.6) is 5.75 Å². The summed E-state index contributed by atoms with van der Waals surface area (Å²) in [6.07, 6.45) is 0. The molecule has 0 unspecified atom stereocenters. The van der Waals surface area contributed by atoms with E-state index < -0.39 is 20.6 Å². The van der Waals surface area contributed by atoms with Crippen LogP contribution in [0.25, 0.3) is 0 Å². The number of hydrogen-bond donors (Lipinski definition) is 1. The zero-order chi connectivity index (χ0) is 15.3. The van der Waals surface area contributed by atoms with E-state index in [0.717, 1.165) is 6.07 Å². The Bertz CT molecular complexity index is 585. The molecular weight excluding hydrogens is 288 g/mol. The molecule has 0 bridgehead atoms. The lowest BCUT2D eigenvalue weighted by Gasteiger charge is -2.09. The van der Waals surface area contributed by atoms with E-state index in [2.05, 4.69) is 0 Å². The molecule has 0 amide bonds. The number of nitrogens with one attached hydrogen (secondary N) is 1. The first kappa shape index (κ1) is 16.3. The summed E-state index contributed by atoms with van der Waals surface area (Å²) in [6, 6.07) is 3.34. The molecule has 0 fully saturated rings. The maximum absolute atomic E-state index is 11.9. The molecule has 1 rings (SSSR count). The van der Waals surface area contributed by atoms with Gasteiger partial charge in [-0.2, -0.15) is 0 Å². The minimum absolute atomic E-state index is 0.0166. The molecule has 1 N–H and O–H groups in total. The summed E-state index contributed by atoms with van der Waals surface area (Å²) >= 11 is 0. The Morgan fingerprint density at radius 2 is 2.05 bits per heavy atom. The second kappa shape index (κ2) is 6.64. The van der Waals surface area contributed by atoms with Crippen LogP contribution in [0.15, 0.2) is 23.1 Å². The molecule has 0 aliphatic rings. The topological polar surface area (TPSA) is 108 Å². The van der Waals surface area contributed by atoms with E-state index in [-0.39, 0.29) is 23.2 Å². The summed E-state index contributed by atoms with van der Waals surface area (Å²) in [6.45, 7) is 3.90. The molecule has 20 heavy (non-hydrogen) atoms. The number of ether oxygens (including phenoxy) is 1. The van der Waals surface area contributed by atoms with Crippen molar-refractivity contribution in [1.29, 1.82) is 0 Å². The van der Waals surface area contributed by atoms with Gasteiger partial charge >= 0.3 is 5.69 Å². The summed E-state index contributed by atoms with van der Waals surface area (Å²) in [5, 5.41) is 10.8. The SMILES string of the molecule is COc1ccc(S(=O)(=O)NOCC(C)C)cc1[N+](=O)[O-]. The van der Waals surface area contributed by atoms with Crippen molar-refractivity contribution >= 4 is 15.7 Å². The monoisotopic (exact) mass is 304 g/mol. The Morgan fingerprint density at radius 1 is 1.40 bits per heavy atom. The fourth-order valence-electron chi connectivity index (χ4n) is 1.31. The van der Waals surface area contributed by atoms with Gasteiger partial charge in [0.05, 0.1) is 23.5 Å². The molecule has 1 aromatic carbocycles. The molecule has 0 heterocycles. The van der Waals surface area contributed by atoms with E-state index in [9.17, 15) is 18.5 Å². The minimum Gasteiger partial charge on any atom is -0.490 e. The van der Waals surface area contributed by atoms with E-state index in [1.54, 1.807) is 0 Å². The van der Waals surface area contributed by atoms with Crippen LogP contribution < -0.4 is 9.62 Å². The number of hydrogen-bond acceptors (Lipinski definition) is 6. The van der Waals surface area contributed by atoms with Gasteiger partial charge in [0.15, 0.2) is 5.75 Å². The number of rotatable bonds is 7. The second-order valence-electron chi connectivity index (χ2n) is 4.38. The van der Waals surface area contributed by atoms with Crippen molar-refractivity contribution in [2.24, 2.45) is 5.92 Å². The molecule has 8 nitrogen and oxygen atoms in total. The molecule has 0 atom stereocenters. The molecule has 0 aliphatic carbocycles. The van der Waals surface area contributed by atoms with E-state index in [0.29, 0.717) is 0 Å². The molecular formula is C11H16N2O6S. The van der Waals surface area contributed by atoms with Crippen LogP contribution >= 0.6 is 0 Å². The Balaban J connectivity index is 3.01. The lowest BCUT2D eigenvalue weighted by atomic mass is 10.2. The van der Waals surface area contributed by atoms with Crippen LogP contribution in [0.1, 0.15) is 13.8 Å². The Hall–Kier alpha value is -1.71. The van der Waals surface area contributed by atoms with Gasteiger partial charge in [-0.1, -0.05) is 18.7 Å². The van der Waals surface area contributed by atoms with Crippen molar-refractivity contribution in [2.75, 3.05) is 13.7 Å². The number of nitrogens with zero attached hydrogens (tertiary/aromatic N) is 1. The van der Waals surface area contributed by atoms with Gasteiger partial charge in [-0.15, -0.1) is 0 Å². The molecule has 0 radical (unpaired) electrons. The third kappa shape index (κ3) is 4.15. The largest absolute Gasteiger partial charge is 0.490 e. The third-order valence-electron chi connectivity index (χ3n) is 2.24. The predicted octanol–water partition coefficient (Wildman–Crippen LogP) is 1.47. The van der Waals surface area contributed by atoms with Crippen molar-refractivity contribution in [3.8, 4) is 5.75 Å². The first-order valence-corrected chi connectivity index (χ1v) is 7.22. The zero-order valence-electron chi connectivity index (χ0n) is 11.3. The van der Waals surface area contributed by atoms with Crippen molar-refractivity contribution in [3.05, 3.63) is 28.3 Å². The number of methoxy groups -OCH3 is 1. The van der Waals surface area contributed by atoms with Crippen molar-refractivity contribution < 1.29 is 22.9 Å². The zero-order valence-corrected chi connectivity index (χ0v) is 12.1. The highest BCUT2D eigenvalue weighted by Gasteiger charge is 2.22. The van der Waals surface area contributed by atoms with Crippen molar-refractivity contribution in [2.45, 2.75) is 18.7 Å². The predicted molar refractivity (Wildman–Crippen MR) is 70.8 cm³/mol. The first-order chi connectivity index (χ1) is 9.27.